The lowest BCUT2D eigenvalue weighted by Crippen LogP contribution is -2.54. The second-order valence-corrected chi connectivity index (χ2v) is 28.0. The number of aliphatic hydroxyl groups is 2. The zero-order chi connectivity index (χ0) is 62.4. The van der Waals surface area contributed by atoms with Crippen molar-refractivity contribution in [2.75, 3.05) is 7.11 Å². The zero-order valence-electron chi connectivity index (χ0n) is 51.6. The summed E-state index contributed by atoms with van der Waals surface area (Å²) in [6.45, 7) is 18.1. The number of aryl methyl sites for hydroxylation is 5. The van der Waals surface area contributed by atoms with Crippen LogP contribution in [0, 0.1) is 135 Å². The van der Waals surface area contributed by atoms with Crippen molar-refractivity contribution in [2.45, 2.75) is 170 Å². The molecule has 12 heteroatoms. The Morgan fingerprint density at radius 1 is 0.459 bits per heavy atom. The van der Waals surface area contributed by atoms with Gasteiger partial charge in [0.15, 0.2) is 23.3 Å². The van der Waals surface area contributed by atoms with Gasteiger partial charge in [-0.25, -0.2) is 26.3 Å². The van der Waals surface area contributed by atoms with Crippen LogP contribution in [-0.4, -0.2) is 29.0 Å². The van der Waals surface area contributed by atoms with Crippen molar-refractivity contribution in [1.82, 2.24) is 0 Å². The first-order valence-electron chi connectivity index (χ1n) is 30.4. The summed E-state index contributed by atoms with van der Waals surface area (Å²) in [5.41, 5.74) is 6.07. The van der Waals surface area contributed by atoms with Crippen molar-refractivity contribution in [3.8, 4) is 5.75 Å². The van der Waals surface area contributed by atoms with Crippen LogP contribution in [0.3, 0.4) is 0 Å². The minimum Gasteiger partial charge on any atom is -0.497 e. The fourth-order valence-electron chi connectivity index (χ4n) is 15.2. The van der Waals surface area contributed by atoms with Gasteiger partial charge in [-0.3, -0.25) is 0 Å². The summed E-state index contributed by atoms with van der Waals surface area (Å²) in [4.78, 5) is 0. The fourth-order valence-corrected chi connectivity index (χ4v) is 15.7. The number of hydrogen-bond donors (Lipinski definition) is 2. The summed E-state index contributed by atoms with van der Waals surface area (Å²) < 4.78 is 78.6. The second kappa shape index (κ2) is 31.6. The van der Waals surface area contributed by atoms with E-state index in [9.17, 15) is 36.6 Å². The van der Waals surface area contributed by atoms with E-state index in [4.69, 9.17) is 39.5 Å². The monoisotopic (exact) mass is 1230 g/mol. The summed E-state index contributed by atoms with van der Waals surface area (Å²) >= 11 is 16.9. The van der Waals surface area contributed by atoms with Gasteiger partial charge in [-0.1, -0.05) is 157 Å². The molecule has 0 heterocycles. The highest BCUT2D eigenvalue weighted by Crippen LogP contribution is 2.62. The van der Waals surface area contributed by atoms with Crippen molar-refractivity contribution in [3.05, 3.63) is 205 Å². The van der Waals surface area contributed by atoms with Gasteiger partial charge in [-0.2, -0.15) is 0 Å². The molecule has 10 bridgehead atoms. The average molecular weight is 1240 g/mol. The molecule has 16 rings (SSSR count). The largest absolute Gasteiger partial charge is 0.497 e. The Bertz CT molecular complexity index is 2770. The number of benzene rings is 6. The number of hydrogen-bond acceptors (Lipinski definition) is 3. The molecule has 6 aromatic carbocycles. The third-order valence-corrected chi connectivity index (χ3v) is 19.7. The highest BCUT2D eigenvalue weighted by molar-refractivity contribution is 6.42. The lowest BCUT2D eigenvalue weighted by atomic mass is 9.48. The van der Waals surface area contributed by atoms with Crippen LogP contribution in [0.5, 0.6) is 5.75 Å². The topological polar surface area (TPSA) is 49.7 Å². The molecular weight excluding hydrogens is 1150 g/mol. The maximum atomic E-state index is 12.4. The Balaban J connectivity index is 0.000000154. The first kappa shape index (κ1) is 69.6. The van der Waals surface area contributed by atoms with Crippen LogP contribution in [0.4, 0.5) is 26.3 Å². The Labute approximate surface area is 519 Å². The van der Waals surface area contributed by atoms with E-state index >= 15 is 0 Å². The van der Waals surface area contributed by atoms with Crippen LogP contribution in [0.1, 0.15) is 150 Å². The minimum atomic E-state index is -2.13. The number of rotatable bonds is 1. The molecule has 0 aliphatic heterocycles. The second-order valence-electron chi connectivity index (χ2n) is 26.8. The number of fused-ring (bicyclic) bond motifs is 2. The normalized spacial score (nSPS) is 28.6. The first-order chi connectivity index (χ1) is 40.1. The maximum Gasteiger partial charge on any atom is 0.200 e. The molecule has 7 atom stereocenters. The van der Waals surface area contributed by atoms with E-state index in [0.717, 1.165) is 83.6 Å². The van der Waals surface area contributed by atoms with Gasteiger partial charge in [-0.15, -0.1) is 0 Å². The van der Waals surface area contributed by atoms with Gasteiger partial charge in [0.25, 0.3) is 0 Å². The highest BCUT2D eigenvalue weighted by Gasteiger charge is 2.55. The van der Waals surface area contributed by atoms with Crippen molar-refractivity contribution in [3.63, 3.8) is 0 Å². The quantitative estimate of drug-likeness (QED) is 0.0980. The van der Waals surface area contributed by atoms with Crippen molar-refractivity contribution < 1.29 is 41.3 Å². The third-order valence-electron chi connectivity index (χ3n) is 18.7. The third kappa shape index (κ3) is 21.1. The summed E-state index contributed by atoms with van der Waals surface area (Å²) in [7, 11) is 1.67. The van der Waals surface area contributed by atoms with Gasteiger partial charge in [0, 0.05) is 10.6 Å². The molecule has 2 N–H and O–H groups in total. The van der Waals surface area contributed by atoms with E-state index < -0.39 is 34.6 Å². The number of halogens is 9. The van der Waals surface area contributed by atoms with E-state index in [1.54, 1.807) is 51.0 Å². The molecule has 3 nitrogen and oxygen atoms in total. The molecule has 10 saturated carbocycles. The smallest absolute Gasteiger partial charge is 0.200 e. The lowest BCUT2D eigenvalue weighted by Gasteiger charge is -2.59. The molecular formula is C73H91Cl3F6O3. The van der Waals surface area contributed by atoms with E-state index in [1.807, 2.05) is 99.6 Å². The standard InChI is InChI=1S/2C11H18O.C8H10O.C8H14.C7H6Cl2.C7H7Cl.C7H3F5.C7H7F.C7H8/c1-10-3-8-2-9(4-10)6-11(12,5-8)7-10;1-11-4-7-2-8(5-11)10(12)9(3-7)6-11;1-7-3-5-8(9-2)6-4-7;1-6-4-7-2-3-8(6)5-7;1-5-2-3-6(8)7(9)4-5;1-6-2-4-7(8)5-3-6;1-2-3(8)5(10)7(12)6(11)4(2)9;1-6-2-4-7(8)5-3-6;1-7-5-3-2-4-6-7/h8-9,12H,2-7H2,1H3;7-10,12H,2-6H2,1H3;3-6H,1-2H3;6-8H,2-5H2,1H3;2-4H,1H3;2-5H,1H3;1H3;2-5H,1H3;2-6H,1H3. The maximum absolute atomic E-state index is 12.4. The number of aliphatic hydroxyl groups excluding tert-OH is 1. The van der Waals surface area contributed by atoms with Gasteiger partial charge >= 0.3 is 0 Å². The average Bonchev–Trinajstić information content (AvgIpc) is 1.64. The van der Waals surface area contributed by atoms with Crippen LogP contribution >= 0.6 is 34.8 Å². The lowest BCUT2D eigenvalue weighted by molar-refractivity contribution is -0.157. The Morgan fingerprint density at radius 2 is 0.918 bits per heavy atom. The summed E-state index contributed by atoms with van der Waals surface area (Å²) in [6, 6.07) is 37.9. The molecule has 464 valence electrons. The van der Waals surface area contributed by atoms with Crippen molar-refractivity contribution >= 4 is 34.8 Å². The molecule has 10 aliphatic carbocycles. The van der Waals surface area contributed by atoms with Crippen LogP contribution in [0.2, 0.25) is 15.1 Å². The molecule has 0 radical (unpaired) electrons. The fraction of sp³-hybridized carbons (Fsp3) is 0.507. The van der Waals surface area contributed by atoms with Gasteiger partial charge in [-0.05, 0) is 244 Å². The van der Waals surface area contributed by atoms with Crippen LogP contribution < -0.4 is 4.74 Å². The van der Waals surface area contributed by atoms with E-state index in [-0.39, 0.29) is 17.5 Å². The molecule has 85 heavy (non-hydrogen) atoms. The van der Waals surface area contributed by atoms with Gasteiger partial charge in [0.2, 0.25) is 5.82 Å². The first-order valence-corrected chi connectivity index (χ1v) is 31.6. The molecule has 6 aromatic rings. The van der Waals surface area contributed by atoms with Gasteiger partial charge in [0.05, 0.1) is 28.9 Å². The summed E-state index contributed by atoms with van der Waals surface area (Å²) in [5.74, 6) is -1.38. The Kier molecular flexibility index (Phi) is 25.9. The molecule has 0 aromatic heterocycles. The molecule has 0 saturated heterocycles. The SMILES string of the molecule is CC12CC3CC(C1)C(O)C(C3)C2.CC12CC3CC(C1)CC(O)(C3)C2.CC1CC2CCC1C2.COc1ccc(C)cc1.Cc1c(F)c(F)c(F)c(F)c1F.Cc1ccc(Cl)c(Cl)c1.Cc1ccc(Cl)cc1.Cc1ccc(F)cc1.Cc1ccccc1. The van der Waals surface area contributed by atoms with Gasteiger partial charge < -0.3 is 14.9 Å². The molecule has 0 amide bonds. The van der Waals surface area contributed by atoms with E-state index in [0.29, 0.717) is 32.7 Å². The zero-order valence-corrected chi connectivity index (χ0v) is 53.8. The summed E-state index contributed by atoms with van der Waals surface area (Å²) in [6.07, 6.45) is 20.5. The minimum absolute atomic E-state index is 0.0645. The van der Waals surface area contributed by atoms with E-state index in [2.05, 4.69) is 46.8 Å². The number of methoxy groups -OCH3 is 1. The molecule has 7 unspecified atom stereocenters. The predicted octanol–water partition coefficient (Wildman–Crippen LogP) is 21.7. The van der Waals surface area contributed by atoms with Gasteiger partial charge in [0.1, 0.15) is 11.6 Å². The van der Waals surface area contributed by atoms with Crippen LogP contribution in [-0.2, 0) is 0 Å². The van der Waals surface area contributed by atoms with E-state index in [1.165, 1.54) is 80.2 Å². The highest BCUT2D eigenvalue weighted by atomic mass is 35.5. The predicted molar refractivity (Wildman–Crippen MR) is 338 cm³/mol. The van der Waals surface area contributed by atoms with Crippen LogP contribution in [0.25, 0.3) is 0 Å². The molecule has 10 fully saturated rings. The number of ether oxygens (including phenoxy) is 1. The Morgan fingerprint density at radius 3 is 1.28 bits per heavy atom. The van der Waals surface area contributed by atoms with Crippen molar-refractivity contribution in [1.29, 1.82) is 0 Å². The Hall–Kier alpha value is -4.51. The summed E-state index contributed by atoms with van der Waals surface area (Å²) in [5, 5.41) is 22.2. The molecule has 0 spiro atoms. The molecule has 10 aliphatic rings. The van der Waals surface area contributed by atoms with Crippen molar-refractivity contribution in [2.24, 2.45) is 58.2 Å². The van der Waals surface area contributed by atoms with Crippen LogP contribution in [0.15, 0.2) is 121 Å².